The minimum absolute atomic E-state index is 0.0287. The van der Waals surface area contributed by atoms with Crippen molar-refractivity contribution in [1.29, 1.82) is 0 Å². The number of nitrogens with zero attached hydrogens (tertiary/aromatic N) is 1. The number of ether oxygens (including phenoxy) is 1. The van der Waals surface area contributed by atoms with Crippen LogP contribution < -0.4 is 4.74 Å². The summed E-state index contributed by atoms with van der Waals surface area (Å²) in [6.45, 7) is 3.75. The maximum atomic E-state index is 12.0. The number of hydrogen-bond donors (Lipinski definition) is 0. The van der Waals surface area contributed by atoms with Gasteiger partial charge in [-0.3, -0.25) is 4.79 Å². The molecule has 1 saturated heterocycles. The third kappa shape index (κ3) is 3.94. The van der Waals surface area contributed by atoms with Crippen LogP contribution in [0.25, 0.3) is 0 Å². The second-order valence-electron chi connectivity index (χ2n) is 5.05. The van der Waals surface area contributed by atoms with Crippen molar-refractivity contribution >= 4 is 40.7 Å². The molecule has 1 fully saturated rings. The summed E-state index contributed by atoms with van der Waals surface area (Å²) in [5.41, 5.74) is 0. The van der Waals surface area contributed by atoms with Crippen LogP contribution in [0.15, 0.2) is 12.1 Å². The largest absolute Gasteiger partial charge is 0.482 e. The fraction of sp³-hybridized carbons (Fsp3) is 0.500. The normalized spacial score (nSPS) is 16.3. The van der Waals surface area contributed by atoms with Crippen LogP contribution in [-0.4, -0.2) is 30.5 Å². The van der Waals surface area contributed by atoms with E-state index in [1.54, 1.807) is 0 Å². The molecule has 0 saturated carbocycles. The molecule has 0 aliphatic carbocycles. The molecule has 0 radical (unpaired) electrons. The van der Waals surface area contributed by atoms with Gasteiger partial charge in [0.25, 0.3) is 5.91 Å². The summed E-state index contributed by atoms with van der Waals surface area (Å²) in [6.07, 6.45) is 2.08. The molecule has 0 spiro atoms. The Bertz CT molecular complexity index is 499. The van der Waals surface area contributed by atoms with Crippen LogP contribution in [0.2, 0.25) is 15.1 Å². The molecule has 6 heteroatoms. The molecule has 0 atom stereocenters. The Balaban J connectivity index is 1.92. The highest BCUT2D eigenvalue weighted by molar-refractivity contribution is 6.43. The van der Waals surface area contributed by atoms with Crippen LogP contribution >= 0.6 is 34.8 Å². The molecule has 0 bridgehead atoms. The van der Waals surface area contributed by atoms with Crippen molar-refractivity contribution in [2.45, 2.75) is 19.8 Å². The molecular weight excluding hydrogens is 321 g/mol. The van der Waals surface area contributed by atoms with E-state index in [0.717, 1.165) is 25.9 Å². The molecule has 20 heavy (non-hydrogen) atoms. The summed E-state index contributed by atoms with van der Waals surface area (Å²) < 4.78 is 5.45. The lowest BCUT2D eigenvalue weighted by atomic mass is 9.99. The lowest BCUT2D eigenvalue weighted by Gasteiger charge is -2.30. The number of halogens is 3. The van der Waals surface area contributed by atoms with Gasteiger partial charge in [-0.2, -0.15) is 0 Å². The topological polar surface area (TPSA) is 29.5 Å². The van der Waals surface area contributed by atoms with E-state index in [-0.39, 0.29) is 12.5 Å². The van der Waals surface area contributed by atoms with Crippen molar-refractivity contribution in [3.05, 3.63) is 27.2 Å². The molecule has 0 unspecified atom stereocenters. The first-order valence-corrected chi connectivity index (χ1v) is 7.66. The Morgan fingerprint density at radius 3 is 2.45 bits per heavy atom. The molecule has 1 amide bonds. The highest BCUT2D eigenvalue weighted by Gasteiger charge is 2.20. The SMILES string of the molecule is CC1CCN(C(=O)COc2cc(Cl)c(Cl)cc2Cl)CC1. The Kier molecular flexibility index (Phi) is 5.42. The van der Waals surface area contributed by atoms with E-state index in [2.05, 4.69) is 6.92 Å². The predicted octanol–water partition coefficient (Wildman–Crippen LogP) is 4.28. The van der Waals surface area contributed by atoms with Crippen LogP contribution in [0.4, 0.5) is 0 Å². The predicted molar refractivity (Wildman–Crippen MR) is 81.9 cm³/mol. The third-order valence-electron chi connectivity index (χ3n) is 3.46. The third-order valence-corrected chi connectivity index (χ3v) is 4.48. The highest BCUT2D eigenvalue weighted by atomic mass is 35.5. The van der Waals surface area contributed by atoms with Gasteiger partial charge in [-0.1, -0.05) is 41.7 Å². The van der Waals surface area contributed by atoms with Gasteiger partial charge in [-0.05, 0) is 24.8 Å². The molecular formula is C14H16Cl3NO2. The molecule has 1 aliphatic heterocycles. The van der Waals surface area contributed by atoms with Crippen molar-refractivity contribution < 1.29 is 9.53 Å². The van der Waals surface area contributed by atoms with Crippen molar-refractivity contribution in [3.63, 3.8) is 0 Å². The molecule has 1 aromatic carbocycles. The average Bonchev–Trinajstić information content (AvgIpc) is 2.42. The number of likely N-dealkylation sites (tertiary alicyclic amines) is 1. The van der Waals surface area contributed by atoms with E-state index < -0.39 is 0 Å². The average molecular weight is 337 g/mol. The molecule has 3 nitrogen and oxygen atoms in total. The Morgan fingerprint density at radius 1 is 1.20 bits per heavy atom. The summed E-state index contributed by atoms with van der Waals surface area (Å²) in [4.78, 5) is 13.9. The van der Waals surface area contributed by atoms with Crippen LogP contribution in [0.3, 0.4) is 0 Å². The molecule has 0 aromatic heterocycles. The number of benzene rings is 1. The number of rotatable bonds is 3. The van der Waals surface area contributed by atoms with Gasteiger partial charge in [0, 0.05) is 19.2 Å². The zero-order valence-corrected chi connectivity index (χ0v) is 13.4. The van der Waals surface area contributed by atoms with E-state index in [1.807, 2.05) is 4.90 Å². The number of hydrogen-bond acceptors (Lipinski definition) is 2. The lowest BCUT2D eigenvalue weighted by Crippen LogP contribution is -2.40. The van der Waals surface area contributed by atoms with Crippen molar-refractivity contribution in [1.82, 2.24) is 4.90 Å². The van der Waals surface area contributed by atoms with E-state index >= 15 is 0 Å². The first kappa shape index (κ1) is 15.7. The van der Waals surface area contributed by atoms with Gasteiger partial charge in [0.15, 0.2) is 6.61 Å². The molecule has 0 N–H and O–H groups in total. The Hall–Kier alpha value is -0.640. The van der Waals surface area contributed by atoms with Gasteiger partial charge < -0.3 is 9.64 Å². The van der Waals surface area contributed by atoms with Gasteiger partial charge in [0.2, 0.25) is 0 Å². The zero-order valence-electron chi connectivity index (χ0n) is 11.2. The Labute approximate surface area is 133 Å². The quantitative estimate of drug-likeness (QED) is 0.771. The maximum Gasteiger partial charge on any atom is 0.260 e. The zero-order chi connectivity index (χ0) is 14.7. The second kappa shape index (κ2) is 6.88. The summed E-state index contributed by atoms with van der Waals surface area (Å²) in [6, 6.07) is 3.03. The molecule has 1 heterocycles. The first-order chi connectivity index (χ1) is 9.47. The van der Waals surface area contributed by atoms with Crippen LogP contribution in [-0.2, 0) is 4.79 Å². The second-order valence-corrected chi connectivity index (χ2v) is 6.27. The maximum absolute atomic E-state index is 12.0. The van der Waals surface area contributed by atoms with Crippen LogP contribution in [0, 0.1) is 5.92 Å². The Morgan fingerprint density at radius 2 is 1.80 bits per heavy atom. The van der Waals surface area contributed by atoms with Crippen molar-refractivity contribution in [2.24, 2.45) is 5.92 Å². The number of carbonyl (C=O) groups excluding carboxylic acids is 1. The van der Waals surface area contributed by atoms with Gasteiger partial charge in [0.05, 0.1) is 15.1 Å². The van der Waals surface area contributed by atoms with Gasteiger partial charge in [-0.15, -0.1) is 0 Å². The molecule has 1 aromatic rings. The van der Waals surface area contributed by atoms with Gasteiger partial charge >= 0.3 is 0 Å². The smallest absolute Gasteiger partial charge is 0.260 e. The summed E-state index contributed by atoms with van der Waals surface area (Å²) >= 11 is 17.7. The van der Waals surface area contributed by atoms with E-state index in [4.69, 9.17) is 39.5 Å². The molecule has 110 valence electrons. The van der Waals surface area contributed by atoms with Crippen molar-refractivity contribution in [3.8, 4) is 5.75 Å². The standard InChI is InChI=1S/C14H16Cl3NO2/c1-9-2-4-18(5-3-9)14(19)8-20-13-7-11(16)10(15)6-12(13)17/h6-7,9H,2-5,8H2,1H3. The van der Waals surface area contributed by atoms with Crippen molar-refractivity contribution in [2.75, 3.05) is 19.7 Å². The fourth-order valence-corrected chi connectivity index (χ4v) is 2.70. The van der Waals surface area contributed by atoms with Gasteiger partial charge in [-0.25, -0.2) is 0 Å². The highest BCUT2D eigenvalue weighted by Crippen LogP contribution is 2.33. The van der Waals surface area contributed by atoms with E-state index in [0.29, 0.717) is 26.7 Å². The number of amides is 1. The minimum Gasteiger partial charge on any atom is -0.482 e. The molecule has 2 rings (SSSR count). The van der Waals surface area contributed by atoms with E-state index in [1.165, 1.54) is 12.1 Å². The minimum atomic E-state index is -0.0357. The summed E-state index contributed by atoms with van der Waals surface area (Å²) in [7, 11) is 0. The summed E-state index contributed by atoms with van der Waals surface area (Å²) in [5.74, 6) is 1.03. The van der Waals surface area contributed by atoms with E-state index in [9.17, 15) is 4.79 Å². The molecule has 1 aliphatic rings. The van der Waals surface area contributed by atoms with Gasteiger partial charge in [0.1, 0.15) is 5.75 Å². The number of piperidine rings is 1. The number of carbonyl (C=O) groups is 1. The summed E-state index contributed by atoms with van der Waals surface area (Å²) in [5, 5.41) is 1.06. The van der Waals surface area contributed by atoms with Crippen LogP contribution in [0.1, 0.15) is 19.8 Å². The fourth-order valence-electron chi connectivity index (χ4n) is 2.10. The lowest BCUT2D eigenvalue weighted by molar-refractivity contribution is -0.134. The first-order valence-electron chi connectivity index (χ1n) is 6.52. The monoisotopic (exact) mass is 335 g/mol. The van der Waals surface area contributed by atoms with Crippen LogP contribution in [0.5, 0.6) is 5.75 Å².